The molecule has 2 aromatic rings. The third kappa shape index (κ3) is 1.86. The zero-order chi connectivity index (χ0) is 11.7. The Hall–Kier alpha value is -1.61. The largest absolute Gasteiger partial charge is 0.396 e. The monoisotopic (exact) mass is 236 g/mol. The Kier molecular flexibility index (Phi) is 2.79. The van der Waals surface area contributed by atoms with Gasteiger partial charge in [0.2, 0.25) is 0 Å². The van der Waals surface area contributed by atoms with E-state index in [1.807, 2.05) is 0 Å². The summed E-state index contributed by atoms with van der Waals surface area (Å²) in [6.07, 6.45) is 1.56. The second kappa shape index (κ2) is 4.10. The van der Waals surface area contributed by atoms with Crippen LogP contribution in [0.2, 0.25) is 5.02 Å². The van der Waals surface area contributed by atoms with Crippen LogP contribution in [0.25, 0.3) is 11.3 Å². The lowest BCUT2D eigenvalue weighted by Gasteiger charge is -2.07. The van der Waals surface area contributed by atoms with Crippen molar-refractivity contribution in [2.75, 3.05) is 5.73 Å². The van der Waals surface area contributed by atoms with Gasteiger partial charge in [0, 0.05) is 16.8 Å². The van der Waals surface area contributed by atoms with Crippen LogP contribution >= 0.6 is 11.6 Å². The summed E-state index contributed by atoms with van der Waals surface area (Å²) in [5.74, 6) is -0.484. The van der Waals surface area contributed by atoms with Crippen LogP contribution in [0.4, 0.5) is 10.1 Å². The van der Waals surface area contributed by atoms with Crippen molar-refractivity contribution in [2.24, 2.45) is 0 Å². The maximum Gasteiger partial charge on any atom is 0.172 e. The van der Waals surface area contributed by atoms with Crippen LogP contribution in [0.1, 0.15) is 5.56 Å². The van der Waals surface area contributed by atoms with Crippen molar-refractivity contribution < 1.29 is 4.39 Å². The molecule has 0 unspecified atom stereocenters. The highest BCUT2D eigenvalue weighted by Crippen LogP contribution is 2.26. The van der Waals surface area contributed by atoms with Gasteiger partial charge >= 0.3 is 0 Å². The molecule has 4 heteroatoms. The molecule has 0 bridgehead atoms. The van der Waals surface area contributed by atoms with E-state index in [9.17, 15) is 4.39 Å². The first kappa shape index (κ1) is 10.9. The number of nitrogens with zero attached hydrogens (tertiary/aromatic N) is 1. The molecule has 1 aromatic carbocycles. The Morgan fingerprint density at radius 3 is 2.50 bits per heavy atom. The van der Waals surface area contributed by atoms with Crippen molar-refractivity contribution in [1.29, 1.82) is 0 Å². The van der Waals surface area contributed by atoms with Crippen LogP contribution < -0.4 is 5.73 Å². The topological polar surface area (TPSA) is 38.9 Å². The summed E-state index contributed by atoms with van der Waals surface area (Å²) >= 11 is 5.76. The van der Waals surface area contributed by atoms with E-state index in [1.54, 1.807) is 37.4 Å². The van der Waals surface area contributed by atoms with Gasteiger partial charge in [-0.2, -0.15) is 0 Å². The molecule has 0 amide bonds. The minimum atomic E-state index is -0.484. The van der Waals surface area contributed by atoms with Crippen LogP contribution in [0.15, 0.2) is 30.5 Å². The lowest BCUT2D eigenvalue weighted by atomic mass is 10.1. The zero-order valence-electron chi connectivity index (χ0n) is 8.67. The summed E-state index contributed by atoms with van der Waals surface area (Å²) in [4.78, 5) is 4.04. The van der Waals surface area contributed by atoms with Gasteiger partial charge in [0.15, 0.2) is 5.82 Å². The first-order valence-corrected chi connectivity index (χ1v) is 5.14. The second-order valence-corrected chi connectivity index (χ2v) is 3.96. The fourth-order valence-corrected chi connectivity index (χ4v) is 1.52. The van der Waals surface area contributed by atoms with E-state index in [1.165, 1.54) is 0 Å². The molecule has 0 aliphatic carbocycles. The third-order valence-electron chi connectivity index (χ3n) is 2.37. The molecule has 0 atom stereocenters. The van der Waals surface area contributed by atoms with E-state index < -0.39 is 5.82 Å². The lowest BCUT2D eigenvalue weighted by molar-refractivity contribution is 0.629. The van der Waals surface area contributed by atoms with Crippen LogP contribution in [-0.4, -0.2) is 4.98 Å². The van der Waals surface area contributed by atoms with Gasteiger partial charge in [-0.15, -0.1) is 0 Å². The Labute approximate surface area is 97.9 Å². The van der Waals surface area contributed by atoms with E-state index >= 15 is 0 Å². The van der Waals surface area contributed by atoms with E-state index in [4.69, 9.17) is 17.3 Å². The third-order valence-corrected chi connectivity index (χ3v) is 2.63. The number of benzene rings is 1. The maximum absolute atomic E-state index is 13.8. The smallest absolute Gasteiger partial charge is 0.172 e. The number of nitrogens with two attached hydrogens (primary N) is 1. The molecule has 0 radical (unpaired) electrons. The summed E-state index contributed by atoms with van der Waals surface area (Å²) in [5, 5.41) is 0.601. The molecule has 0 spiro atoms. The second-order valence-electron chi connectivity index (χ2n) is 3.52. The molecule has 0 saturated carbocycles. The zero-order valence-corrected chi connectivity index (χ0v) is 9.42. The molecular weight excluding hydrogens is 227 g/mol. The Balaban J connectivity index is 2.57. The summed E-state index contributed by atoms with van der Waals surface area (Å²) in [6, 6.07) is 6.80. The van der Waals surface area contributed by atoms with Crippen molar-refractivity contribution in [3.63, 3.8) is 0 Å². The van der Waals surface area contributed by atoms with E-state index in [-0.39, 0.29) is 11.4 Å². The minimum absolute atomic E-state index is 0.139. The summed E-state index contributed by atoms with van der Waals surface area (Å²) in [7, 11) is 0. The number of rotatable bonds is 1. The fourth-order valence-electron chi connectivity index (χ4n) is 1.40. The predicted octanol–water partition coefficient (Wildman–Crippen LogP) is 3.43. The van der Waals surface area contributed by atoms with Crippen LogP contribution in [0, 0.1) is 12.7 Å². The van der Waals surface area contributed by atoms with Gasteiger partial charge in [-0.25, -0.2) is 4.39 Å². The van der Waals surface area contributed by atoms with Gasteiger partial charge in [-0.1, -0.05) is 23.7 Å². The summed E-state index contributed by atoms with van der Waals surface area (Å²) in [6.45, 7) is 1.72. The van der Waals surface area contributed by atoms with Crippen LogP contribution in [0.3, 0.4) is 0 Å². The Morgan fingerprint density at radius 2 is 1.88 bits per heavy atom. The van der Waals surface area contributed by atoms with Gasteiger partial charge in [0.25, 0.3) is 0 Å². The van der Waals surface area contributed by atoms with Crippen molar-refractivity contribution in [2.45, 2.75) is 6.92 Å². The highest BCUT2D eigenvalue weighted by atomic mass is 35.5. The molecule has 2 N–H and O–H groups in total. The van der Waals surface area contributed by atoms with Gasteiger partial charge in [0.1, 0.15) is 5.69 Å². The standard InChI is InChI=1S/C12H10ClFN2/c1-7-6-16-12(10(14)11(7)15)8-2-4-9(13)5-3-8/h2-6H,1H3,(H2,15,16). The number of nitrogen functional groups attached to an aromatic ring is 1. The number of aromatic nitrogens is 1. The highest BCUT2D eigenvalue weighted by Gasteiger charge is 2.11. The number of hydrogen-bond acceptors (Lipinski definition) is 2. The van der Waals surface area contributed by atoms with Crippen LogP contribution in [-0.2, 0) is 0 Å². The minimum Gasteiger partial charge on any atom is -0.396 e. The lowest BCUT2D eigenvalue weighted by Crippen LogP contribution is -1.99. The van der Waals surface area contributed by atoms with Gasteiger partial charge < -0.3 is 5.73 Å². The van der Waals surface area contributed by atoms with Crippen molar-refractivity contribution in [3.8, 4) is 11.3 Å². The normalized spacial score (nSPS) is 10.4. The van der Waals surface area contributed by atoms with Crippen LogP contribution in [0.5, 0.6) is 0 Å². The first-order chi connectivity index (χ1) is 7.59. The van der Waals surface area contributed by atoms with Crippen molar-refractivity contribution >= 4 is 17.3 Å². The van der Waals surface area contributed by atoms with E-state index in [0.717, 1.165) is 0 Å². The molecule has 0 fully saturated rings. The molecule has 1 aromatic heterocycles. The molecule has 0 aliphatic rings. The van der Waals surface area contributed by atoms with E-state index in [0.29, 0.717) is 16.1 Å². The fraction of sp³-hybridized carbons (Fsp3) is 0.0833. The molecule has 1 heterocycles. The molecule has 16 heavy (non-hydrogen) atoms. The van der Waals surface area contributed by atoms with Gasteiger partial charge in [-0.3, -0.25) is 4.98 Å². The molecule has 2 nitrogen and oxygen atoms in total. The number of halogens is 2. The summed E-state index contributed by atoms with van der Waals surface area (Å²) < 4.78 is 13.8. The average molecular weight is 237 g/mol. The number of pyridine rings is 1. The molecule has 0 aliphatic heterocycles. The highest BCUT2D eigenvalue weighted by molar-refractivity contribution is 6.30. The average Bonchev–Trinajstić information content (AvgIpc) is 2.28. The quantitative estimate of drug-likeness (QED) is 0.824. The Morgan fingerprint density at radius 1 is 1.25 bits per heavy atom. The summed E-state index contributed by atoms with van der Waals surface area (Å²) in [5.41, 5.74) is 7.29. The number of anilines is 1. The molecule has 0 saturated heterocycles. The maximum atomic E-state index is 13.8. The van der Waals surface area contributed by atoms with Gasteiger partial charge in [0.05, 0.1) is 5.69 Å². The van der Waals surface area contributed by atoms with E-state index in [2.05, 4.69) is 4.98 Å². The number of hydrogen-bond donors (Lipinski definition) is 1. The molecular formula is C12H10ClFN2. The molecule has 2 rings (SSSR count). The number of aryl methyl sites for hydroxylation is 1. The van der Waals surface area contributed by atoms with Crippen molar-refractivity contribution in [1.82, 2.24) is 4.98 Å². The van der Waals surface area contributed by atoms with Crippen molar-refractivity contribution in [3.05, 3.63) is 46.9 Å². The SMILES string of the molecule is Cc1cnc(-c2ccc(Cl)cc2)c(F)c1N. The molecule has 82 valence electrons. The Bertz CT molecular complexity index is 523. The first-order valence-electron chi connectivity index (χ1n) is 4.76. The predicted molar refractivity (Wildman–Crippen MR) is 63.8 cm³/mol. The van der Waals surface area contributed by atoms with Gasteiger partial charge in [-0.05, 0) is 24.6 Å².